The maximum atomic E-state index is 6.14. The predicted molar refractivity (Wildman–Crippen MR) is 76.0 cm³/mol. The molecule has 2 aromatic carbocycles. The number of nitrogens with two attached hydrogens (primary N) is 1. The Morgan fingerprint density at radius 3 is 2.61 bits per heavy atom. The van der Waals surface area contributed by atoms with E-state index >= 15 is 0 Å². The Morgan fingerprint density at radius 1 is 1.17 bits per heavy atom. The fourth-order valence-electron chi connectivity index (χ4n) is 2.02. The normalized spacial score (nSPS) is 12.6. The first-order chi connectivity index (χ1) is 8.74. The summed E-state index contributed by atoms with van der Waals surface area (Å²) in [5, 5.41) is 5.64. The lowest BCUT2D eigenvalue weighted by Crippen LogP contribution is -2.26. The first-order valence-electron chi connectivity index (χ1n) is 6.28. The SMILES string of the molecule is CCNCC(N)c1ccc2cc(OC)ccc2c1. The highest BCUT2D eigenvalue weighted by Gasteiger charge is 2.06. The zero-order valence-electron chi connectivity index (χ0n) is 10.9. The largest absolute Gasteiger partial charge is 0.497 e. The zero-order valence-corrected chi connectivity index (χ0v) is 10.9. The first kappa shape index (κ1) is 12.9. The van der Waals surface area contributed by atoms with Gasteiger partial charge in [-0.25, -0.2) is 0 Å². The summed E-state index contributed by atoms with van der Waals surface area (Å²) in [7, 11) is 1.68. The van der Waals surface area contributed by atoms with Crippen molar-refractivity contribution in [1.29, 1.82) is 0 Å². The second-order valence-electron chi connectivity index (χ2n) is 4.39. The van der Waals surface area contributed by atoms with Crippen molar-refractivity contribution in [3.05, 3.63) is 42.0 Å². The van der Waals surface area contributed by atoms with Crippen molar-refractivity contribution in [2.45, 2.75) is 13.0 Å². The molecule has 0 amide bonds. The summed E-state index contributed by atoms with van der Waals surface area (Å²) in [4.78, 5) is 0. The number of nitrogens with one attached hydrogen (secondary N) is 1. The molecule has 3 N–H and O–H groups in total. The molecule has 3 nitrogen and oxygen atoms in total. The van der Waals surface area contributed by atoms with Crippen LogP contribution in [0.15, 0.2) is 36.4 Å². The van der Waals surface area contributed by atoms with Gasteiger partial charge in [-0.2, -0.15) is 0 Å². The highest BCUT2D eigenvalue weighted by Crippen LogP contribution is 2.23. The summed E-state index contributed by atoms with van der Waals surface area (Å²) in [5.41, 5.74) is 7.30. The minimum Gasteiger partial charge on any atom is -0.497 e. The Morgan fingerprint density at radius 2 is 1.89 bits per heavy atom. The Hall–Kier alpha value is -1.58. The topological polar surface area (TPSA) is 47.3 Å². The van der Waals surface area contributed by atoms with E-state index in [0.717, 1.165) is 24.4 Å². The van der Waals surface area contributed by atoms with E-state index in [4.69, 9.17) is 10.5 Å². The first-order valence-corrected chi connectivity index (χ1v) is 6.28. The minimum atomic E-state index is 0.0384. The third-order valence-corrected chi connectivity index (χ3v) is 3.11. The molecule has 0 aliphatic carbocycles. The van der Waals surface area contributed by atoms with E-state index in [0.29, 0.717) is 0 Å². The van der Waals surface area contributed by atoms with Crippen molar-refractivity contribution in [3.8, 4) is 5.75 Å². The van der Waals surface area contributed by atoms with Crippen molar-refractivity contribution in [2.75, 3.05) is 20.2 Å². The molecule has 2 rings (SSSR count). The highest BCUT2D eigenvalue weighted by atomic mass is 16.5. The van der Waals surface area contributed by atoms with Gasteiger partial charge in [0.15, 0.2) is 0 Å². The van der Waals surface area contributed by atoms with Gasteiger partial charge >= 0.3 is 0 Å². The Balaban J connectivity index is 2.27. The molecule has 0 aromatic heterocycles. The third kappa shape index (κ3) is 2.81. The van der Waals surface area contributed by atoms with E-state index in [9.17, 15) is 0 Å². The van der Waals surface area contributed by atoms with E-state index in [1.165, 1.54) is 10.8 Å². The van der Waals surface area contributed by atoms with Crippen LogP contribution in [0.3, 0.4) is 0 Å². The summed E-state index contributed by atoms with van der Waals surface area (Å²) < 4.78 is 5.22. The van der Waals surface area contributed by atoms with Gasteiger partial charge in [0.25, 0.3) is 0 Å². The molecule has 0 aliphatic heterocycles. The van der Waals surface area contributed by atoms with Gasteiger partial charge in [0.2, 0.25) is 0 Å². The van der Waals surface area contributed by atoms with Crippen LogP contribution in [-0.4, -0.2) is 20.2 Å². The highest BCUT2D eigenvalue weighted by molar-refractivity contribution is 5.84. The molecule has 1 unspecified atom stereocenters. The van der Waals surface area contributed by atoms with Crippen molar-refractivity contribution in [2.24, 2.45) is 5.73 Å². The lowest BCUT2D eigenvalue weighted by Gasteiger charge is -2.13. The number of ether oxygens (including phenoxy) is 1. The average molecular weight is 244 g/mol. The van der Waals surface area contributed by atoms with Gasteiger partial charge in [-0.05, 0) is 41.1 Å². The molecule has 96 valence electrons. The molecule has 2 aromatic rings. The molecule has 18 heavy (non-hydrogen) atoms. The second-order valence-corrected chi connectivity index (χ2v) is 4.39. The van der Waals surface area contributed by atoms with E-state index in [-0.39, 0.29) is 6.04 Å². The van der Waals surface area contributed by atoms with E-state index in [2.05, 4.69) is 36.5 Å². The Bertz CT molecular complexity index is 525. The Kier molecular flexibility index (Phi) is 4.18. The average Bonchev–Trinajstić information content (AvgIpc) is 2.43. The quantitative estimate of drug-likeness (QED) is 0.849. The van der Waals surface area contributed by atoms with Crippen LogP contribution in [0.2, 0.25) is 0 Å². The molecular weight excluding hydrogens is 224 g/mol. The maximum Gasteiger partial charge on any atom is 0.119 e. The molecule has 0 saturated heterocycles. The number of rotatable bonds is 5. The summed E-state index contributed by atoms with van der Waals surface area (Å²) in [6.45, 7) is 3.83. The van der Waals surface area contributed by atoms with Crippen LogP contribution in [0.5, 0.6) is 5.75 Å². The second kappa shape index (κ2) is 5.85. The Labute approximate surface area is 108 Å². The van der Waals surface area contributed by atoms with Crippen LogP contribution >= 0.6 is 0 Å². The van der Waals surface area contributed by atoms with E-state index < -0.39 is 0 Å². The zero-order chi connectivity index (χ0) is 13.0. The number of hydrogen-bond donors (Lipinski definition) is 2. The van der Waals surface area contributed by atoms with Crippen LogP contribution in [0.4, 0.5) is 0 Å². The van der Waals surface area contributed by atoms with Crippen LogP contribution < -0.4 is 15.8 Å². The van der Waals surface area contributed by atoms with Gasteiger partial charge in [0.05, 0.1) is 7.11 Å². The van der Waals surface area contributed by atoms with Gasteiger partial charge in [-0.15, -0.1) is 0 Å². The number of hydrogen-bond acceptors (Lipinski definition) is 3. The molecular formula is C15H20N2O. The summed E-state index contributed by atoms with van der Waals surface area (Å²) in [6.07, 6.45) is 0. The lowest BCUT2D eigenvalue weighted by molar-refractivity contribution is 0.415. The third-order valence-electron chi connectivity index (χ3n) is 3.11. The molecule has 0 saturated carbocycles. The lowest BCUT2D eigenvalue weighted by atomic mass is 10.0. The molecule has 3 heteroatoms. The summed E-state index contributed by atoms with van der Waals surface area (Å²) in [6, 6.07) is 12.4. The van der Waals surface area contributed by atoms with Gasteiger partial charge in [-0.3, -0.25) is 0 Å². The minimum absolute atomic E-state index is 0.0384. The molecule has 0 radical (unpaired) electrons. The molecule has 0 heterocycles. The molecule has 0 bridgehead atoms. The predicted octanol–water partition coefficient (Wildman–Crippen LogP) is 2.46. The van der Waals surface area contributed by atoms with Crippen LogP contribution in [0.1, 0.15) is 18.5 Å². The van der Waals surface area contributed by atoms with E-state index in [1.807, 2.05) is 12.1 Å². The van der Waals surface area contributed by atoms with Crippen molar-refractivity contribution >= 4 is 10.8 Å². The smallest absolute Gasteiger partial charge is 0.119 e. The number of fused-ring (bicyclic) bond motifs is 1. The summed E-state index contributed by atoms with van der Waals surface area (Å²) in [5.74, 6) is 0.882. The van der Waals surface area contributed by atoms with E-state index in [1.54, 1.807) is 7.11 Å². The summed E-state index contributed by atoms with van der Waals surface area (Å²) >= 11 is 0. The van der Waals surface area contributed by atoms with Gasteiger partial charge in [-0.1, -0.05) is 25.1 Å². The van der Waals surface area contributed by atoms with Gasteiger partial charge < -0.3 is 15.8 Å². The molecule has 0 spiro atoms. The van der Waals surface area contributed by atoms with Crippen LogP contribution in [-0.2, 0) is 0 Å². The molecule has 0 fully saturated rings. The fraction of sp³-hybridized carbons (Fsp3) is 0.333. The monoisotopic (exact) mass is 244 g/mol. The maximum absolute atomic E-state index is 6.14. The molecule has 0 aliphatic rings. The van der Waals surface area contributed by atoms with Gasteiger partial charge in [0.1, 0.15) is 5.75 Å². The number of methoxy groups -OCH3 is 1. The molecule has 1 atom stereocenters. The fourth-order valence-corrected chi connectivity index (χ4v) is 2.02. The van der Waals surface area contributed by atoms with Gasteiger partial charge in [0, 0.05) is 12.6 Å². The van der Waals surface area contributed by atoms with Crippen molar-refractivity contribution in [3.63, 3.8) is 0 Å². The van der Waals surface area contributed by atoms with Crippen LogP contribution in [0, 0.1) is 0 Å². The van der Waals surface area contributed by atoms with Crippen LogP contribution in [0.25, 0.3) is 10.8 Å². The number of likely N-dealkylation sites (N-methyl/N-ethyl adjacent to an activating group) is 1. The van der Waals surface area contributed by atoms with Crippen molar-refractivity contribution in [1.82, 2.24) is 5.32 Å². The van der Waals surface area contributed by atoms with Crippen molar-refractivity contribution < 1.29 is 4.74 Å². The number of benzene rings is 2. The standard InChI is InChI=1S/C15H20N2O/c1-3-17-10-15(16)13-5-4-12-9-14(18-2)7-6-11(12)8-13/h4-9,15,17H,3,10,16H2,1-2H3.